The van der Waals surface area contributed by atoms with Crippen molar-refractivity contribution in [3.05, 3.63) is 12.5 Å². The molecule has 0 unspecified atom stereocenters. The molecule has 13 heavy (non-hydrogen) atoms. The zero-order valence-corrected chi connectivity index (χ0v) is 7.55. The van der Waals surface area contributed by atoms with Crippen LogP contribution in [-0.2, 0) is 13.6 Å². The predicted molar refractivity (Wildman–Crippen MR) is 45.7 cm³/mol. The van der Waals surface area contributed by atoms with Crippen LogP contribution in [-0.4, -0.2) is 29.8 Å². The second-order valence-corrected chi connectivity index (χ2v) is 2.72. The second kappa shape index (κ2) is 2.96. The number of hydrogen-bond acceptors (Lipinski definition) is 4. The number of hydrogen-bond donors (Lipinski definition) is 0. The molecule has 2 aromatic heterocycles. The molecule has 0 bridgehead atoms. The van der Waals surface area contributed by atoms with Crippen molar-refractivity contribution >= 4 is 0 Å². The first-order valence-electron chi connectivity index (χ1n) is 4.05. The lowest BCUT2D eigenvalue weighted by molar-refractivity contribution is 0.714. The fourth-order valence-corrected chi connectivity index (χ4v) is 1.13. The molecule has 2 rings (SSSR count). The lowest BCUT2D eigenvalue weighted by Crippen LogP contribution is -1.95. The van der Waals surface area contributed by atoms with Gasteiger partial charge in [0, 0.05) is 13.6 Å². The Morgan fingerprint density at radius 1 is 1.38 bits per heavy atom. The minimum Gasteiger partial charge on any atom is -0.312 e. The lowest BCUT2D eigenvalue weighted by atomic mass is 10.4. The van der Waals surface area contributed by atoms with Crippen LogP contribution in [0.15, 0.2) is 12.5 Å². The zero-order chi connectivity index (χ0) is 9.26. The van der Waals surface area contributed by atoms with Crippen molar-refractivity contribution in [2.75, 3.05) is 0 Å². The van der Waals surface area contributed by atoms with Gasteiger partial charge in [-0.2, -0.15) is 0 Å². The van der Waals surface area contributed by atoms with Gasteiger partial charge in [0.1, 0.15) is 12.0 Å². The van der Waals surface area contributed by atoms with Gasteiger partial charge in [0.2, 0.25) is 0 Å². The molecular weight excluding hydrogens is 168 g/mol. The van der Waals surface area contributed by atoms with Crippen molar-refractivity contribution < 1.29 is 0 Å². The highest BCUT2D eigenvalue weighted by molar-refractivity contribution is 5.46. The van der Waals surface area contributed by atoms with Gasteiger partial charge in [-0.15, -0.1) is 15.3 Å². The molecule has 6 heteroatoms. The number of aryl methyl sites for hydroxylation is 2. The average Bonchev–Trinajstić information content (AvgIpc) is 2.71. The summed E-state index contributed by atoms with van der Waals surface area (Å²) >= 11 is 0. The molecule has 2 heterocycles. The van der Waals surface area contributed by atoms with Crippen LogP contribution in [0.2, 0.25) is 0 Å². The summed E-state index contributed by atoms with van der Waals surface area (Å²) in [6, 6.07) is 0. The Balaban J connectivity index is 2.45. The van der Waals surface area contributed by atoms with Gasteiger partial charge in [-0.3, -0.25) is 4.68 Å². The first-order chi connectivity index (χ1) is 6.31. The van der Waals surface area contributed by atoms with Crippen LogP contribution in [0.5, 0.6) is 0 Å². The van der Waals surface area contributed by atoms with Crippen molar-refractivity contribution in [3.63, 3.8) is 0 Å². The summed E-state index contributed by atoms with van der Waals surface area (Å²) in [4.78, 5) is 0. The number of nitrogens with zero attached hydrogens (tertiary/aromatic N) is 6. The third-order valence-corrected chi connectivity index (χ3v) is 1.79. The van der Waals surface area contributed by atoms with Gasteiger partial charge in [-0.05, 0) is 6.92 Å². The molecule has 0 amide bonds. The standard InChI is InChI=1S/C7H10N6/c1-3-13-5-8-10-7(13)6-4-12(2)11-9-6/h4-5H,3H2,1-2H3. The topological polar surface area (TPSA) is 61.4 Å². The van der Waals surface area contributed by atoms with E-state index >= 15 is 0 Å². The molecule has 0 saturated heterocycles. The maximum atomic E-state index is 3.97. The highest BCUT2D eigenvalue weighted by Gasteiger charge is 2.08. The monoisotopic (exact) mass is 178 g/mol. The summed E-state index contributed by atoms with van der Waals surface area (Å²) in [6.07, 6.45) is 3.50. The van der Waals surface area contributed by atoms with Crippen LogP contribution in [0.25, 0.3) is 11.5 Å². The molecule has 0 aliphatic rings. The van der Waals surface area contributed by atoms with E-state index in [0.717, 1.165) is 18.1 Å². The van der Waals surface area contributed by atoms with Crippen LogP contribution < -0.4 is 0 Å². The van der Waals surface area contributed by atoms with Gasteiger partial charge >= 0.3 is 0 Å². The summed E-state index contributed by atoms with van der Waals surface area (Å²) in [6.45, 7) is 2.86. The van der Waals surface area contributed by atoms with Gasteiger partial charge in [0.25, 0.3) is 0 Å². The quantitative estimate of drug-likeness (QED) is 0.654. The summed E-state index contributed by atoms with van der Waals surface area (Å²) in [5.74, 6) is 0.760. The normalized spacial score (nSPS) is 10.6. The first-order valence-corrected chi connectivity index (χ1v) is 4.05. The van der Waals surface area contributed by atoms with Crippen molar-refractivity contribution in [1.82, 2.24) is 29.8 Å². The van der Waals surface area contributed by atoms with Crippen LogP contribution in [0.4, 0.5) is 0 Å². The van der Waals surface area contributed by atoms with Crippen LogP contribution in [0.1, 0.15) is 6.92 Å². The third-order valence-electron chi connectivity index (χ3n) is 1.79. The Morgan fingerprint density at radius 3 is 2.85 bits per heavy atom. The van der Waals surface area contributed by atoms with Crippen LogP contribution in [0, 0.1) is 0 Å². The highest BCUT2D eigenvalue weighted by atomic mass is 15.4. The maximum Gasteiger partial charge on any atom is 0.185 e. The van der Waals surface area contributed by atoms with Crippen molar-refractivity contribution in [3.8, 4) is 11.5 Å². The number of aromatic nitrogens is 6. The lowest BCUT2D eigenvalue weighted by Gasteiger charge is -1.97. The summed E-state index contributed by atoms with van der Waals surface area (Å²) in [5.41, 5.74) is 0.752. The Kier molecular flexibility index (Phi) is 1.80. The average molecular weight is 178 g/mol. The molecule has 0 atom stereocenters. The van der Waals surface area contributed by atoms with E-state index in [2.05, 4.69) is 20.5 Å². The van der Waals surface area contributed by atoms with Gasteiger partial charge in [-0.25, -0.2) is 0 Å². The van der Waals surface area contributed by atoms with E-state index in [0.29, 0.717) is 0 Å². The Morgan fingerprint density at radius 2 is 2.23 bits per heavy atom. The van der Waals surface area contributed by atoms with Crippen LogP contribution >= 0.6 is 0 Å². The van der Waals surface area contributed by atoms with Crippen molar-refractivity contribution in [2.24, 2.45) is 7.05 Å². The molecule has 0 spiro atoms. The molecule has 0 aromatic carbocycles. The van der Waals surface area contributed by atoms with E-state index in [4.69, 9.17) is 0 Å². The van der Waals surface area contributed by atoms with E-state index < -0.39 is 0 Å². The van der Waals surface area contributed by atoms with E-state index in [9.17, 15) is 0 Å². The Labute approximate surface area is 75.2 Å². The molecule has 6 nitrogen and oxygen atoms in total. The van der Waals surface area contributed by atoms with E-state index in [1.807, 2.05) is 24.7 Å². The largest absolute Gasteiger partial charge is 0.312 e. The highest BCUT2D eigenvalue weighted by Crippen LogP contribution is 2.11. The van der Waals surface area contributed by atoms with Gasteiger partial charge in [0.15, 0.2) is 5.82 Å². The minimum absolute atomic E-state index is 0.752. The molecule has 0 N–H and O–H groups in total. The Hall–Kier alpha value is -1.72. The summed E-state index contributed by atoms with van der Waals surface area (Å²) in [7, 11) is 1.82. The van der Waals surface area contributed by atoms with Gasteiger partial charge in [0.05, 0.1) is 6.20 Å². The van der Waals surface area contributed by atoms with E-state index in [-0.39, 0.29) is 0 Å². The van der Waals surface area contributed by atoms with Crippen LogP contribution in [0.3, 0.4) is 0 Å². The van der Waals surface area contributed by atoms with Gasteiger partial charge in [-0.1, -0.05) is 5.21 Å². The molecular formula is C7H10N6. The SMILES string of the molecule is CCn1cnnc1-c1cn(C)nn1. The molecule has 68 valence electrons. The first kappa shape index (κ1) is 7.90. The zero-order valence-electron chi connectivity index (χ0n) is 7.55. The minimum atomic E-state index is 0.752. The molecule has 0 aliphatic carbocycles. The second-order valence-electron chi connectivity index (χ2n) is 2.72. The van der Waals surface area contributed by atoms with Crippen molar-refractivity contribution in [2.45, 2.75) is 13.5 Å². The van der Waals surface area contributed by atoms with Crippen molar-refractivity contribution in [1.29, 1.82) is 0 Å². The van der Waals surface area contributed by atoms with E-state index in [1.165, 1.54) is 0 Å². The molecule has 0 aliphatic heterocycles. The smallest absolute Gasteiger partial charge is 0.185 e. The Bertz CT molecular complexity index is 401. The fourth-order valence-electron chi connectivity index (χ4n) is 1.13. The summed E-state index contributed by atoms with van der Waals surface area (Å²) in [5, 5.41) is 15.6. The fraction of sp³-hybridized carbons (Fsp3) is 0.429. The maximum absolute atomic E-state index is 3.97. The molecule has 2 aromatic rings. The number of rotatable bonds is 2. The molecule has 0 saturated carbocycles. The van der Waals surface area contributed by atoms with E-state index in [1.54, 1.807) is 11.0 Å². The summed E-state index contributed by atoms with van der Waals surface area (Å²) < 4.78 is 3.56. The predicted octanol–water partition coefficient (Wildman–Crippen LogP) is 0.0935. The van der Waals surface area contributed by atoms with Gasteiger partial charge < -0.3 is 4.57 Å². The molecule has 0 radical (unpaired) electrons. The molecule has 0 fully saturated rings. The third kappa shape index (κ3) is 1.30.